The predicted molar refractivity (Wildman–Crippen MR) is 105 cm³/mol. The topological polar surface area (TPSA) is 26.3 Å². The maximum Gasteiger partial charge on any atom is 0.311 e. The summed E-state index contributed by atoms with van der Waals surface area (Å²) in [5, 5.41) is 0. The summed E-state index contributed by atoms with van der Waals surface area (Å²) >= 11 is 0. The Bertz CT molecular complexity index is 389. The normalized spacial score (nSPS) is 12.7. The number of hydrogen-bond acceptors (Lipinski definition) is 2. The van der Waals surface area contributed by atoms with Gasteiger partial charge in [-0.25, -0.2) is 0 Å². The van der Waals surface area contributed by atoms with Crippen LogP contribution in [0.1, 0.15) is 85.0 Å². The Hall–Kier alpha value is -1.31. The SMILES string of the molecule is CC/C=C\C/C=C\C/C=C\CCCCCCCC(C)(C)C(=O)OC. The van der Waals surface area contributed by atoms with E-state index in [4.69, 9.17) is 4.74 Å². The van der Waals surface area contributed by atoms with Crippen molar-refractivity contribution in [3.05, 3.63) is 36.5 Å². The standard InChI is InChI=1S/C22H38O2/c1-5-6-7-8-9-10-11-12-13-14-15-16-17-18-19-20-22(2,3)21(23)24-4/h6-7,9-10,12-13H,5,8,11,14-20H2,1-4H3/b7-6-,10-9-,13-12-. The molecule has 0 saturated carbocycles. The molecule has 0 aliphatic rings. The van der Waals surface area contributed by atoms with Gasteiger partial charge in [0.25, 0.3) is 0 Å². The van der Waals surface area contributed by atoms with E-state index in [0.717, 1.165) is 32.1 Å². The third-order valence-electron chi connectivity index (χ3n) is 4.19. The molecule has 0 amide bonds. The Morgan fingerprint density at radius 3 is 2.00 bits per heavy atom. The second-order valence-electron chi connectivity index (χ2n) is 6.98. The van der Waals surface area contributed by atoms with Crippen molar-refractivity contribution in [2.75, 3.05) is 7.11 Å². The van der Waals surface area contributed by atoms with Crippen LogP contribution in [0.25, 0.3) is 0 Å². The summed E-state index contributed by atoms with van der Waals surface area (Å²) in [6.45, 7) is 6.10. The fraction of sp³-hybridized carbons (Fsp3) is 0.682. The summed E-state index contributed by atoms with van der Waals surface area (Å²) in [6, 6.07) is 0. The molecule has 0 bridgehead atoms. The summed E-state index contributed by atoms with van der Waals surface area (Å²) in [5.74, 6) is -0.0944. The van der Waals surface area contributed by atoms with Crippen LogP contribution in [-0.2, 0) is 9.53 Å². The molecule has 0 aromatic carbocycles. The van der Waals surface area contributed by atoms with Gasteiger partial charge in [-0.2, -0.15) is 0 Å². The Balaban J connectivity index is 3.46. The van der Waals surface area contributed by atoms with Crippen LogP contribution in [0, 0.1) is 5.41 Å². The third-order valence-corrected chi connectivity index (χ3v) is 4.19. The van der Waals surface area contributed by atoms with E-state index in [-0.39, 0.29) is 11.4 Å². The Morgan fingerprint density at radius 2 is 1.38 bits per heavy atom. The van der Waals surface area contributed by atoms with E-state index in [1.807, 2.05) is 13.8 Å². The monoisotopic (exact) mass is 334 g/mol. The summed E-state index contributed by atoms with van der Waals surface area (Å²) in [4.78, 5) is 11.6. The quantitative estimate of drug-likeness (QED) is 0.199. The molecule has 0 rings (SSSR count). The van der Waals surface area contributed by atoms with Crippen molar-refractivity contribution in [3.63, 3.8) is 0 Å². The van der Waals surface area contributed by atoms with E-state index in [9.17, 15) is 4.79 Å². The zero-order chi connectivity index (χ0) is 18.1. The van der Waals surface area contributed by atoms with Gasteiger partial charge in [-0.05, 0) is 52.4 Å². The second kappa shape index (κ2) is 15.2. The minimum absolute atomic E-state index is 0.0944. The van der Waals surface area contributed by atoms with Gasteiger partial charge in [-0.3, -0.25) is 4.79 Å². The first-order chi connectivity index (χ1) is 11.5. The van der Waals surface area contributed by atoms with Gasteiger partial charge < -0.3 is 4.74 Å². The van der Waals surface area contributed by atoms with Gasteiger partial charge in [0.15, 0.2) is 0 Å². The van der Waals surface area contributed by atoms with Crippen LogP contribution in [-0.4, -0.2) is 13.1 Å². The smallest absolute Gasteiger partial charge is 0.311 e. The number of esters is 1. The van der Waals surface area contributed by atoms with Gasteiger partial charge in [0.2, 0.25) is 0 Å². The summed E-state index contributed by atoms with van der Waals surface area (Å²) in [6.07, 6.45) is 24.9. The molecule has 0 radical (unpaired) electrons. The molecule has 0 aliphatic carbocycles. The molecular formula is C22H38O2. The molecule has 0 aromatic rings. The van der Waals surface area contributed by atoms with Crippen molar-refractivity contribution in [1.82, 2.24) is 0 Å². The molecule has 0 N–H and O–H groups in total. The fourth-order valence-electron chi connectivity index (χ4n) is 2.56. The lowest BCUT2D eigenvalue weighted by molar-refractivity contribution is -0.151. The van der Waals surface area contributed by atoms with E-state index >= 15 is 0 Å². The second-order valence-corrected chi connectivity index (χ2v) is 6.98. The third kappa shape index (κ3) is 13.2. The minimum atomic E-state index is -0.336. The van der Waals surface area contributed by atoms with Crippen LogP contribution < -0.4 is 0 Å². The summed E-state index contributed by atoms with van der Waals surface area (Å²) in [5.41, 5.74) is -0.336. The first-order valence-corrected chi connectivity index (χ1v) is 9.58. The van der Waals surface area contributed by atoms with E-state index in [1.165, 1.54) is 39.2 Å². The van der Waals surface area contributed by atoms with Crippen molar-refractivity contribution in [1.29, 1.82) is 0 Å². The predicted octanol–water partition coefficient (Wildman–Crippen LogP) is 6.78. The van der Waals surface area contributed by atoms with E-state index in [0.29, 0.717) is 0 Å². The van der Waals surface area contributed by atoms with Gasteiger partial charge in [0, 0.05) is 0 Å². The molecule has 0 fully saturated rings. The van der Waals surface area contributed by atoms with E-state index in [1.54, 1.807) is 0 Å². The van der Waals surface area contributed by atoms with Crippen LogP contribution >= 0.6 is 0 Å². The van der Waals surface area contributed by atoms with Crippen LogP contribution in [0.4, 0.5) is 0 Å². The summed E-state index contributed by atoms with van der Waals surface area (Å²) < 4.78 is 4.84. The molecule has 2 heteroatoms. The van der Waals surface area contributed by atoms with Crippen molar-refractivity contribution in [2.45, 2.75) is 85.0 Å². The maximum absolute atomic E-state index is 11.6. The molecule has 0 aliphatic heterocycles. The minimum Gasteiger partial charge on any atom is -0.469 e. The molecule has 0 unspecified atom stereocenters. The zero-order valence-corrected chi connectivity index (χ0v) is 16.4. The number of rotatable bonds is 14. The molecule has 0 spiro atoms. The lowest BCUT2D eigenvalue weighted by Crippen LogP contribution is -2.25. The van der Waals surface area contributed by atoms with Gasteiger partial charge in [-0.15, -0.1) is 0 Å². The number of carbonyl (C=O) groups excluding carboxylic acids is 1. The maximum atomic E-state index is 11.6. The fourth-order valence-corrected chi connectivity index (χ4v) is 2.56. The molecular weight excluding hydrogens is 296 g/mol. The zero-order valence-electron chi connectivity index (χ0n) is 16.4. The number of allylic oxidation sites excluding steroid dienone is 6. The van der Waals surface area contributed by atoms with E-state index < -0.39 is 0 Å². The highest BCUT2D eigenvalue weighted by Crippen LogP contribution is 2.25. The van der Waals surface area contributed by atoms with Crippen molar-refractivity contribution >= 4 is 5.97 Å². The van der Waals surface area contributed by atoms with Crippen LogP contribution in [0.2, 0.25) is 0 Å². The average Bonchev–Trinajstić information content (AvgIpc) is 2.57. The van der Waals surface area contributed by atoms with Gasteiger partial charge in [0.1, 0.15) is 0 Å². The van der Waals surface area contributed by atoms with Crippen LogP contribution in [0.15, 0.2) is 36.5 Å². The molecule has 24 heavy (non-hydrogen) atoms. The molecule has 0 heterocycles. The lowest BCUT2D eigenvalue weighted by Gasteiger charge is -2.20. The Labute approximate surface area is 150 Å². The Morgan fingerprint density at radius 1 is 0.833 bits per heavy atom. The lowest BCUT2D eigenvalue weighted by atomic mass is 9.87. The number of methoxy groups -OCH3 is 1. The van der Waals surface area contributed by atoms with E-state index in [2.05, 4.69) is 43.4 Å². The van der Waals surface area contributed by atoms with Crippen molar-refractivity contribution < 1.29 is 9.53 Å². The molecule has 138 valence electrons. The molecule has 0 aromatic heterocycles. The van der Waals surface area contributed by atoms with Crippen molar-refractivity contribution in [3.8, 4) is 0 Å². The average molecular weight is 335 g/mol. The highest BCUT2D eigenvalue weighted by Gasteiger charge is 2.27. The van der Waals surface area contributed by atoms with Gasteiger partial charge >= 0.3 is 5.97 Å². The highest BCUT2D eigenvalue weighted by atomic mass is 16.5. The number of hydrogen-bond donors (Lipinski definition) is 0. The number of ether oxygens (including phenoxy) is 1. The molecule has 0 atom stereocenters. The molecule has 2 nitrogen and oxygen atoms in total. The van der Waals surface area contributed by atoms with Crippen LogP contribution in [0.5, 0.6) is 0 Å². The van der Waals surface area contributed by atoms with Gasteiger partial charge in [-0.1, -0.05) is 69.1 Å². The number of carbonyl (C=O) groups is 1. The number of unbranched alkanes of at least 4 members (excludes halogenated alkanes) is 5. The summed E-state index contributed by atoms with van der Waals surface area (Å²) in [7, 11) is 1.47. The first-order valence-electron chi connectivity index (χ1n) is 9.58. The first kappa shape index (κ1) is 22.7. The largest absolute Gasteiger partial charge is 0.469 e. The molecule has 0 saturated heterocycles. The Kier molecular flexibility index (Phi) is 14.4. The highest BCUT2D eigenvalue weighted by molar-refractivity contribution is 5.75. The van der Waals surface area contributed by atoms with Crippen LogP contribution in [0.3, 0.4) is 0 Å². The van der Waals surface area contributed by atoms with Crippen molar-refractivity contribution in [2.24, 2.45) is 5.41 Å². The van der Waals surface area contributed by atoms with Gasteiger partial charge in [0.05, 0.1) is 12.5 Å².